The van der Waals surface area contributed by atoms with Crippen LogP contribution in [-0.4, -0.2) is 20.5 Å². The molecule has 2 aromatic rings. The molecule has 0 unspecified atom stereocenters. The van der Waals surface area contributed by atoms with Gasteiger partial charge in [0.2, 0.25) is 0 Å². The monoisotopic (exact) mass is 205 g/mol. The molecule has 72 valence electrons. The fourth-order valence-corrected chi connectivity index (χ4v) is 1.47. The zero-order valence-corrected chi connectivity index (χ0v) is 8.56. The number of nitrogens with zero attached hydrogens (tertiary/aromatic N) is 3. The van der Waals surface area contributed by atoms with Crippen LogP contribution in [0.15, 0.2) is 36.8 Å². The Balaban J connectivity index is 2.25. The molecule has 0 amide bonds. The summed E-state index contributed by atoms with van der Waals surface area (Å²) in [6.45, 7) is 0.841. The van der Waals surface area contributed by atoms with Gasteiger partial charge in [-0.15, -0.1) is 0 Å². The van der Waals surface area contributed by atoms with Crippen LogP contribution in [-0.2, 0) is 6.54 Å². The maximum Gasteiger partial charge on any atom is 0.0924 e. The highest BCUT2D eigenvalue weighted by atomic mass is 32.1. The molecule has 2 rings (SSSR count). The van der Waals surface area contributed by atoms with E-state index in [9.17, 15) is 0 Å². The zero-order valence-electron chi connectivity index (χ0n) is 7.67. The van der Waals surface area contributed by atoms with Crippen LogP contribution in [0, 0.1) is 0 Å². The Hall–Kier alpha value is -1.29. The molecular weight excluding hydrogens is 194 g/mol. The quantitative estimate of drug-likeness (QED) is 0.775. The largest absolute Gasteiger partial charge is 0.271 e. The van der Waals surface area contributed by atoms with Crippen LogP contribution in [0.1, 0.15) is 0 Å². The molecule has 0 spiro atoms. The molecule has 0 saturated heterocycles. The molecule has 2 heterocycles. The molecule has 0 aliphatic carbocycles. The van der Waals surface area contributed by atoms with Crippen molar-refractivity contribution < 1.29 is 0 Å². The molecule has 3 nitrogen and oxygen atoms in total. The first kappa shape index (κ1) is 9.27. The van der Waals surface area contributed by atoms with Gasteiger partial charge < -0.3 is 0 Å². The van der Waals surface area contributed by atoms with Gasteiger partial charge in [-0.1, -0.05) is 0 Å². The number of hydrogen-bond acceptors (Lipinski definition) is 3. The van der Waals surface area contributed by atoms with Gasteiger partial charge >= 0.3 is 0 Å². The minimum absolute atomic E-state index is 0.803. The summed E-state index contributed by atoms with van der Waals surface area (Å²) in [7, 11) is 0. The van der Waals surface area contributed by atoms with Gasteiger partial charge in [-0.25, -0.2) is 0 Å². The van der Waals surface area contributed by atoms with Crippen molar-refractivity contribution in [2.24, 2.45) is 0 Å². The molecule has 0 bridgehead atoms. The lowest BCUT2D eigenvalue weighted by Crippen LogP contribution is -1.99. The van der Waals surface area contributed by atoms with Gasteiger partial charge in [0.1, 0.15) is 0 Å². The third kappa shape index (κ3) is 1.96. The average Bonchev–Trinajstić information content (AvgIpc) is 2.68. The molecule has 0 aliphatic rings. The maximum atomic E-state index is 4.41. The normalized spacial score (nSPS) is 10.4. The van der Waals surface area contributed by atoms with E-state index in [4.69, 9.17) is 0 Å². The minimum Gasteiger partial charge on any atom is -0.271 e. The number of rotatable bonds is 3. The standard InChI is InChI=1S/C10H11N3S/c14-8-7-13-6-3-10(12-13)9-1-4-11-5-2-9/h1-6,14H,7-8H2. The molecule has 0 atom stereocenters. The number of thiol groups is 1. The van der Waals surface area contributed by atoms with Crippen LogP contribution in [0.4, 0.5) is 0 Å². The van der Waals surface area contributed by atoms with E-state index in [1.54, 1.807) is 12.4 Å². The van der Waals surface area contributed by atoms with Gasteiger partial charge in [0.25, 0.3) is 0 Å². The number of aromatic nitrogens is 3. The van der Waals surface area contributed by atoms with E-state index < -0.39 is 0 Å². The first-order valence-corrected chi connectivity index (χ1v) is 5.08. The Labute approximate surface area is 88.2 Å². The molecule has 0 fully saturated rings. The SMILES string of the molecule is SCCn1ccc(-c2ccncc2)n1. The summed E-state index contributed by atoms with van der Waals surface area (Å²) in [5, 5.41) is 4.41. The Morgan fingerprint density at radius 3 is 2.71 bits per heavy atom. The molecule has 4 heteroatoms. The molecule has 14 heavy (non-hydrogen) atoms. The van der Waals surface area contributed by atoms with Crippen LogP contribution >= 0.6 is 12.6 Å². The van der Waals surface area contributed by atoms with Gasteiger partial charge in [0.15, 0.2) is 0 Å². The third-order valence-corrected chi connectivity index (χ3v) is 2.15. The van der Waals surface area contributed by atoms with Crippen molar-refractivity contribution in [3.05, 3.63) is 36.8 Å². The fraction of sp³-hybridized carbons (Fsp3) is 0.200. The van der Waals surface area contributed by atoms with Crippen molar-refractivity contribution >= 4 is 12.6 Å². The van der Waals surface area contributed by atoms with Gasteiger partial charge in [-0.3, -0.25) is 9.67 Å². The van der Waals surface area contributed by atoms with Crippen LogP contribution in [0.25, 0.3) is 11.3 Å². The maximum absolute atomic E-state index is 4.41. The lowest BCUT2D eigenvalue weighted by Gasteiger charge is -1.96. The summed E-state index contributed by atoms with van der Waals surface area (Å²) in [5.41, 5.74) is 2.08. The summed E-state index contributed by atoms with van der Waals surface area (Å²) >= 11 is 4.16. The van der Waals surface area contributed by atoms with Gasteiger partial charge in [0.05, 0.1) is 5.69 Å². The molecule has 0 radical (unpaired) electrons. The lowest BCUT2D eigenvalue weighted by atomic mass is 10.2. The smallest absolute Gasteiger partial charge is 0.0924 e. The second kappa shape index (κ2) is 4.28. The van der Waals surface area contributed by atoms with E-state index in [0.29, 0.717) is 0 Å². The summed E-state index contributed by atoms with van der Waals surface area (Å²) in [6.07, 6.45) is 5.51. The van der Waals surface area contributed by atoms with Gasteiger partial charge in [-0.2, -0.15) is 17.7 Å². The molecular formula is C10H11N3S. The van der Waals surface area contributed by atoms with Crippen LogP contribution < -0.4 is 0 Å². The van der Waals surface area contributed by atoms with E-state index in [0.717, 1.165) is 23.6 Å². The van der Waals surface area contributed by atoms with Gasteiger partial charge in [-0.05, 0) is 18.2 Å². The Kier molecular flexibility index (Phi) is 2.84. The second-order valence-corrected chi connectivity index (χ2v) is 3.37. The molecule has 0 aliphatic heterocycles. The van der Waals surface area contributed by atoms with Crippen molar-refractivity contribution in [1.29, 1.82) is 0 Å². The van der Waals surface area contributed by atoms with E-state index >= 15 is 0 Å². The first-order chi connectivity index (χ1) is 6.90. The Morgan fingerprint density at radius 2 is 2.00 bits per heavy atom. The average molecular weight is 205 g/mol. The predicted molar refractivity (Wildman–Crippen MR) is 59.3 cm³/mol. The highest BCUT2D eigenvalue weighted by Gasteiger charge is 2.00. The van der Waals surface area contributed by atoms with Crippen molar-refractivity contribution in [3.8, 4) is 11.3 Å². The Bertz CT molecular complexity index is 397. The highest BCUT2D eigenvalue weighted by Crippen LogP contribution is 2.14. The van der Waals surface area contributed by atoms with Crippen molar-refractivity contribution in [2.75, 3.05) is 5.75 Å². The molecule has 0 saturated carbocycles. The van der Waals surface area contributed by atoms with E-state index in [-0.39, 0.29) is 0 Å². The van der Waals surface area contributed by atoms with Crippen LogP contribution in [0.5, 0.6) is 0 Å². The van der Waals surface area contributed by atoms with E-state index in [1.807, 2.05) is 29.1 Å². The lowest BCUT2D eigenvalue weighted by molar-refractivity contribution is 0.670. The summed E-state index contributed by atoms with van der Waals surface area (Å²) in [4.78, 5) is 3.97. The summed E-state index contributed by atoms with van der Waals surface area (Å²) < 4.78 is 1.89. The van der Waals surface area contributed by atoms with Gasteiger partial charge in [0, 0.05) is 36.5 Å². The zero-order chi connectivity index (χ0) is 9.80. The number of aryl methyl sites for hydroxylation is 1. The van der Waals surface area contributed by atoms with E-state index in [1.165, 1.54) is 0 Å². The first-order valence-electron chi connectivity index (χ1n) is 4.45. The van der Waals surface area contributed by atoms with Crippen LogP contribution in [0.3, 0.4) is 0 Å². The van der Waals surface area contributed by atoms with Crippen molar-refractivity contribution in [3.63, 3.8) is 0 Å². The molecule has 2 aromatic heterocycles. The topological polar surface area (TPSA) is 30.7 Å². The minimum atomic E-state index is 0.803. The summed E-state index contributed by atoms with van der Waals surface area (Å²) in [5.74, 6) is 0.803. The Morgan fingerprint density at radius 1 is 1.21 bits per heavy atom. The fourth-order valence-electron chi connectivity index (χ4n) is 1.27. The predicted octanol–water partition coefficient (Wildman–Crippen LogP) is 1.87. The van der Waals surface area contributed by atoms with Crippen molar-refractivity contribution in [2.45, 2.75) is 6.54 Å². The molecule has 0 aromatic carbocycles. The molecule has 0 N–H and O–H groups in total. The van der Waals surface area contributed by atoms with Crippen LogP contribution in [0.2, 0.25) is 0 Å². The van der Waals surface area contributed by atoms with Crippen molar-refractivity contribution in [1.82, 2.24) is 14.8 Å². The summed E-state index contributed by atoms with van der Waals surface area (Å²) in [6, 6.07) is 5.90. The number of hydrogen-bond donors (Lipinski definition) is 1. The second-order valence-electron chi connectivity index (χ2n) is 2.92. The highest BCUT2D eigenvalue weighted by molar-refractivity contribution is 7.80. The number of pyridine rings is 1. The third-order valence-electron chi connectivity index (χ3n) is 1.95. The van der Waals surface area contributed by atoms with E-state index in [2.05, 4.69) is 22.7 Å².